The number of aliphatic hydroxyl groups excluding tert-OH is 1. The molecule has 1 saturated heterocycles. The van der Waals surface area contributed by atoms with E-state index in [0.717, 1.165) is 13.0 Å². The van der Waals surface area contributed by atoms with E-state index in [2.05, 4.69) is 6.72 Å². The van der Waals surface area contributed by atoms with Gasteiger partial charge in [-0.2, -0.15) is 0 Å². The van der Waals surface area contributed by atoms with Crippen LogP contribution in [0.15, 0.2) is 0 Å². The van der Waals surface area contributed by atoms with E-state index in [4.69, 9.17) is 5.11 Å². The molecule has 0 aliphatic carbocycles. The van der Waals surface area contributed by atoms with E-state index in [9.17, 15) is 0 Å². The van der Waals surface area contributed by atoms with Crippen LogP contribution < -0.4 is 0 Å². The van der Waals surface area contributed by atoms with E-state index >= 15 is 0 Å². The van der Waals surface area contributed by atoms with Gasteiger partial charge in [0, 0.05) is 12.8 Å². The van der Waals surface area contributed by atoms with Crippen LogP contribution in [-0.2, 0) is 0 Å². The van der Waals surface area contributed by atoms with Crippen LogP contribution in [0, 0.1) is 0 Å². The number of aliphatic hydroxyl groups is 1. The third-order valence-corrected chi connectivity index (χ3v) is 1.71. The van der Waals surface area contributed by atoms with Crippen LogP contribution in [-0.4, -0.2) is 35.6 Å². The van der Waals surface area contributed by atoms with Gasteiger partial charge >= 0.3 is 0 Å². The molecule has 1 heterocycles. The maximum absolute atomic E-state index is 8.65. The lowest BCUT2D eigenvalue weighted by Gasteiger charge is -1.98. The molecule has 0 aromatic carbocycles. The summed E-state index contributed by atoms with van der Waals surface area (Å²) < 4.78 is 1.96. The lowest BCUT2D eigenvalue weighted by Crippen LogP contribution is -2.21. The zero-order valence-electron chi connectivity index (χ0n) is 5.01. The minimum atomic E-state index is 0.267. The molecule has 0 aromatic heterocycles. The highest BCUT2D eigenvalue weighted by Gasteiger charge is 2.23. The molecular formula is C6H12NO+. The molecule has 2 heteroatoms. The van der Waals surface area contributed by atoms with Crippen molar-refractivity contribution in [1.29, 1.82) is 0 Å². The Bertz CT molecular complexity index is 101. The minimum Gasteiger partial charge on any atom is -0.389 e. The first-order chi connectivity index (χ1) is 3.84. The van der Waals surface area contributed by atoms with Gasteiger partial charge in [-0.05, 0) is 0 Å². The number of nitrogens with zero attached hydrogens (tertiary/aromatic N) is 1. The van der Waals surface area contributed by atoms with E-state index in [1.54, 1.807) is 0 Å². The summed E-state index contributed by atoms with van der Waals surface area (Å²) in [5, 5.41) is 8.65. The number of hydrogen-bond donors (Lipinski definition) is 1. The van der Waals surface area contributed by atoms with Gasteiger partial charge in [0.1, 0.15) is 19.9 Å². The van der Waals surface area contributed by atoms with Crippen molar-refractivity contribution < 1.29 is 9.68 Å². The quantitative estimate of drug-likeness (QED) is 0.471. The van der Waals surface area contributed by atoms with Gasteiger partial charge in [0.25, 0.3) is 0 Å². The first-order valence-electron chi connectivity index (χ1n) is 3.02. The molecule has 1 aliphatic heterocycles. The van der Waals surface area contributed by atoms with Gasteiger partial charge in [-0.3, -0.25) is 0 Å². The van der Waals surface area contributed by atoms with Crippen LogP contribution in [0.2, 0.25) is 0 Å². The second-order valence-electron chi connectivity index (χ2n) is 2.29. The molecule has 1 fully saturated rings. The largest absolute Gasteiger partial charge is 0.389 e. The smallest absolute Gasteiger partial charge is 0.175 e. The molecule has 0 amide bonds. The van der Waals surface area contributed by atoms with Crippen molar-refractivity contribution in [2.24, 2.45) is 0 Å². The van der Waals surface area contributed by atoms with E-state index in [1.165, 1.54) is 6.42 Å². The normalized spacial score (nSPS) is 29.1. The van der Waals surface area contributed by atoms with Crippen molar-refractivity contribution in [1.82, 2.24) is 0 Å². The zero-order chi connectivity index (χ0) is 5.98. The number of hydrogen-bond acceptors (Lipinski definition) is 1. The van der Waals surface area contributed by atoms with Crippen LogP contribution >= 0.6 is 0 Å². The highest BCUT2D eigenvalue weighted by atomic mass is 16.3. The molecule has 0 radical (unpaired) electrons. The molecule has 0 spiro atoms. The molecule has 2 nitrogen and oxygen atoms in total. The first kappa shape index (κ1) is 5.76. The van der Waals surface area contributed by atoms with Crippen LogP contribution in [0.4, 0.5) is 0 Å². The van der Waals surface area contributed by atoms with E-state index < -0.39 is 0 Å². The van der Waals surface area contributed by atoms with Gasteiger partial charge in [-0.15, -0.1) is 0 Å². The average molecular weight is 114 g/mol. The van der Waals surface area contributed by atoms with Gasteiger partial charge < -0.3 is 5.11 Å². The molecule has 8 heavy (non-hydrogen) atoms. The second-order valence-corrected chi connectivity index (χ2v) is 2.29. The SMILES string of the molecule is C=[N+]1CCC[C@H]1CO. The van der Waals surface area contributed by atoms with Crippen LogP contribution in [0.25, 0.3) is 0 Å². The summed E-state index contributed by atoms with van der Waals surface area (Å²) in [6.07, 6.45) is 2.30. The molecule has 0 aromatic rings. The van der Waals surface area contributed by atoms with Gasteiger partial charge in [-0.1, -0.05) is 0 Å². The lowest BCUT2D eigenvalue weighted by molar-refractivity contribution is -0.538. The van der Waals surface area contributed by atoms with Crippen molar-refractivity contribution in [3.8, 4) is 0 Å². The number of rotatable bonds is 1. The molecular weight excluding hydrogens is 102 g/mol. The molecule has 46 valence electrons. The van der Waals surface area contributed by atoms with Crippen molar-refractivity contribution in [2.75, 3.05) is 13.2 Å². The first-order valence-corrected chi connectivity index (χ1v) is 3.02. The van der Waals surface area contributed by atoms with Gasteiger partial charge in [0.15, 0.2) is 6.04 Å². The van der Waals surface area contributed by atoms with E-state index in [-0.39, 0.29) is 6.61 Å². The summed E-state index contributed by atoms with van der Waals surface area (Å²) in [5.41, 5.74) is 0. The van der Waals surface area contributed by atoms with Crippen LogP contribution in [0.5, 0.6) is 0 Å². The summed E-state index contributed by atoms with van der Waals surface area (Å²) in [7, 11) is 0. The molecule has 0 unspecified atom stereocenters. The Morgan fingerprint density at radius 1 is 1.75 bits per heavy atom. The van der Waals surface area contributed by atoms with Crippen LogP contribution in [0.1, 0.15) is 12.8 Å². The van der Waals surface area contributed by atoms with E-state index in [1.807, 2.05) is 4.58 Å². The summed E-state index contributed by atoms with van der Waals surface area (Å²) >= 11 is 0. The second kappa shape index (κ2) is 2.27. The Labute approximate surface area is 49.5 Å². The maximum atomic E-state index is 8.65. The Morgan fingerprint density at radius 2 is 2.50 bits per heavy atom. The molecule has 1 rings (SSSR count). The standard InChI is InChI=1S/C6H12NO/c1-7-4-2-3-6(7)5-8/h6,8H,1-5H2/q+1/t6-/m0/s1. The summed E-state index contributed by atoms with van der Waals surface area (Å²) in [6.45, 7) is 5.08. The van der Waals surface area contributed by atoms with Gasteiger partial charge in [0.05, 0.1) is 0 Å². The zero-order valence-corrected chi connectivity index (χ0v) is 5.01. The fourth-order valence-electron chi connectivity index (χ4n) is 1.10. The Morgan fingerprint density at radius 3 is 2.75 bits per heavy atom. The van der Waals surface area contributed by atoms with E-state index in [0.29, 0.717) is 6.04 Å². The van der Waals surface area contributed by atoms with Gasteiger partial charge in [0.2, 0.25) is 0 Å². The molecule has 1 aliphatic rings. The summed E-state index contributed by atoms with van der Waals surface area (Å²) in [5.74, 6) is 0. The molecule has 1 atom stereocenters. The van der Waals surface area contributed by atoms with Crippen molar-refractivity contribution >= 4 is 6.72 Å². The van der Waals surface area contributed by atoms with Crippen molar-refractivity contribution in [3.05, 3.63) is 0 Å². The summed E-state index contributed by atoms with van der Waals surface area (Å²) in [6, 6.07) is 0.343. The molecule has 1 N–H and O–H groups in total. The predicted octanol–water partition coefficient (Wildman–Crippen LogP) is -0.146. The summed E-state index contributed by atoms with van der Waals surface area (Å²) in [4.78, 5) is 0. The third kappa shape index (κ3) is 0.892. The third-order valence-electron chi connectivity index (χ3n) is 1.71. The molecule has 0 saturated carbocycles. The average Bonchev–Trinajstić information content (AvgIpc) is 2.14. The lowest BCUT2D eigenvalue weighted by atomic mass is 10.2. The van der Waals surface area contributed by atoms with Crippen molar-refractivity contribution in [2.45, 2.75) is 18.9 Å². The highest BCUT2D eigenvalue weighted by molar-refractivity contribution is 5.15. The fourth-order valence-corrected chi connectivity index (χ4v) is 1.10. The monoisotopic (exact) mass is 114 g/mol. The Kier molecular flexibility index (Phi) is 1.63. The topological polar surface area (TPSA) is 23.2 Å². The van der Waals surface area contributed by atoms with Gasteiger partial charge in [-0.25, -0.2) is 4.58 Å². The van der Waals surface area contributed by atoms with Crippen molar-refractivity contribution in [3.63, 3.8) is 0 Å². The molecule has 0 bridgehead atoms. The van der Waals surface area contributed by atoms with Crippen LogP contribution in [0.3, 0.4) is 0 Å². The Hall–Kier alpha value is -0.370. The maximum Gasteiger partial charge on any atom is 0.175 e. The fraction of sp³-hybridized carbons (Fsp3) is 0.833. The minimum absolute atomic E-state index is 0.267. The highest BCUT2D eigenvalue weighted by Crippen LogP contribution is 2.08. The Balaban J connectivity index is 2.42. The predicted molar refractivity (Wildman–Crippen MR) is 32.4 cm³/mol.